The molecule has 0 saturated heterocycles. The van der Waals surface area contributed by atoms with Crippen LogP contribution in [0.2, 0.25) is 0 Å². The van der Waals surface area contributed by atoms with E-state index < -0.39 is 23.5 Å². The van der Waals surface area contributed by atoms with Crippen molar-refractivity contribution in [2.75, 3.05) is 11.4 Å². The summed E-state index contributed by atoms with van der Waals surface area (Å²) < 4.78 is 5.68. The molecule has 1 unspecified atom stereocenters. The van der Waals surface area contributed by atoms with Crippen LogP contribution in [-0.2, 0) is 14.4 Å². The Bertz CT molecular complexity index is 684. The number of nitrogens with one attached hydrogen (secondary N) is 1. The van der Waals surface area contributed by atoms with Crippen molar-refractivity contribution in [3.8, 4) is 5.75 Å². The lowest BCUT2D eigenvalue weighted by Crippen LogP contribution is -2.55. The van der Waals surface area contributed by atoms with Crippen LogP contribution < -0.4 is 15.0 Å². The number of carboxylic acids is 1. The Morgan fingerprint density at radius 1 is 1.38 bits per heavy atom. The van der Waals surface area contributed by atoms with Crippen LogP contribution in [0.25, 0.3) is 0 Å². The minimum Gasteiger partial charge on any atom is -0.480 e. The van der Waals surface area contributed by atoms with E-state index in [9.17, 15) is 14.4 Å². The first-order valence-electron chi connectivity index (χ1n) is 7.78. The molecule has 2 amide bonds. The van der Waals surface area contributed by atoms with Gasteiger partial charge in [-0.25, -0.2) is 4.79 Å². The van der Waals surface area contributed by atoms with Crippen molar-refractivity contribution in [3.05, 3.63) is 23.8 Å². The maximum Gasteiger partial charge on any atom is 0.328 e. The Morgan fingerprint density at radius 2 is 2.04 bits per heavy atom. The smallest absolute Gasteiger partial charge is 0.328 e. The molecule has 0 bridgehead atoms. The molecule has 0 aromatic heterocycles. The maximum atomic E-state index is 12.6. The van der Waals surface area contributed by atoms with Crippen LogP contribution in [0.15, 0.2) is 18.2 Å². The number of nitrogens with zero attached hydrogens (tertiary/aromatic N) is 1. The highest BCUT2D eigenvalue weighted by Crippen LogP contribution is 2.35. The third-order valence-electron chi connectivity index (χ3n) is 3.88. The van der Waals surface area contributed by atoms with Gasteiger partial charge in [-0.2, -0.15) is 0 Å². The summed E-state index contributed by atoms with van der Waals surface area (Å²) in [6, 6.07) is 5.41. The number of hydrogen-bond donors (Lipinski definition) is 2. The van der Waals surface area contributed by atoms with E-state index in [2.05, 4.69) is 5.32 Å². The lowest BCUT2D eigenvalue weighted by atomic mass is 10.1. The lowest BCUT2D eigenvalue weighted by Gasteiger charge is -2.34. The molecular weight excluding hydrogens is 312 g/mol. The van der Waals surface area contributed by atoms with E-state index in [0.717, 1.165) is 5.56 Å². The molecule has 0 spiro atoms. The Balaban J connectivity index is 2.28. The quantitative estimate of drug-likeness (QED) is 0.850. The van der Waals surface area contributed by atoms with Gasteiger partial charge in [-0.05, 0) is 44.9 Å². The fraction of sp³-hybridized carbons (Fsp3) is 0.471. The van der Waals surface area contributed by atoms with Crippen molar-refractivity contribution in [3.63, 3.8) is 0 Å². The SMILES string of the molecule is CCC1Oc2ccc(C)cc2N(CC(=O)NC(C)(C)C(=O)O)C1=O. The average Bonchev–Trinajstić information content (AvgIpc) is 2.49. The molecule has 0 aliphatic carbocycles. The van der Waals surface area contributed by atoms with Crippen LogP contribution >= 0.6 is 0 Å². The molecule has 1 atom stereocenters. The van der Waals surface area contributed by atoms with Gasteiger partial charge in [-0.1, -0.05) is 13.0 Å². The number of hydrogen-bond acceptors (Lipinski definition) is 4. The highest BCUT2D eigenvalue weighted by Gasteiger charge is 2.36. The number of carbonyl (C=O) groups excluding carboxylic acids is 2. The molecule has 7 heteroatoms. The number of aliphatic carboxylic acids is 1. The fourth-order valence-electron chi connectivity index (χ4n) is 2.44. The van der Waals surface area contributed by atoms with E-state index in [1.165, 1.54) is 18.7 Å². The van der Waals surface area contributed by atoms with Crippen LogP contribution in [0, 0.1) is 6.92 Å². The fourth-order valence-corrected chi connectivity index (χ4v) is 2.44. The molecule has 7 nitrogen and oxygen atoms in total. The van der Waals surface area contributed by atoms with Gasteiger partial charge in [0.25, 0.3) is 5.91 Å². The van der Waals surface area contributed by atoms with Gasteiger partial charge in [0.15, 0.2) is 6.10 Å². The van der Waals surface area contributed by atoms with Crippen molar-refractivity contribution >= 4 is 23.5 Å². The van der Waals surface area contributed by atoms with Gasteiger partial charge < -0.3 is 15.2 Å². The number of carbonyl (C=O) groups is 3. The van der Waals surface area contributed by atoms with E-state index in [-0.39, 0.29) is 12.5 Å². The zero-order valence-electron chi connectivity index (χ0n) is 14.3. The number of benzene rings is 1. The summed E-state index contributed by atoms with van der Waals surface area (Å²) in [7, 11) is 0. The molecule has 1 heterocycles. The third kappa shape index (κ3) is 3.50. The Kier molecular flexibility index (Phi) is 4.82. The van der Waals surface area contributed by atoms with Gasteiger partial charge >= 0.3 is 5.97 Å². The van der Waals surface area contributed by atoms with Gasteiger partial charge in [0.2, 0.25) is 5.91 Å². The predicted molar refractivity (Wildman–Crippen MR) is 88.1 cm³/mol. The maximum absolute atomic E-state index is 12.6. The number of aryl methyl sites for hydroxylation is 1. The minimum absolute atomic E-state index is 0.258. The first-order chi connectivity index (χ1) is 11.2. The number of rotatable bonds is 5. The van der Waals surface area contributed by atoms with Crippen molar-refractivity contribution in [2.45, 2.75) is 45.8 Å². The van der Waals surface area contributed by atoms with Crippen LogP contribution in [0.3, 0.4) is 0 Å². The van der Waals surface area contributed by atoms with Crippen LogP contribution in [0.1, 0.15) is 32.8 Å². The average molecular weight is 334 g/mol. The normalized spacial score (nSPS) is 17.1. The van der Waals surface area contributed by atoms with Crippen molar-refractivity contribution in [2.24, 2.45) is 0 Å². The zero-order valence-corrected chi connectivity index (χ0v) is 14.3. The molecule has 2 rings (SSSR count). The third-order valence-corrected chi connectivity index (χ3v) is 3.88. The van der Waals surface area contributed by atoms with E-state index in [4.69, 9.17) is 9.84 Å². The Morgan fingerprint density at radius 3 is 2.62 bits per heavy atom. The van der Waals surface area contributed by atoms with E-state index in [1.54, 1.807) is 12.1 Å². The van der Waals surface area contributed by atoms with Gasteiger partial charge in [0, 0.05) is 0 Å². The Labute approximate surface area is 140 Å². The second-order valence-corrected chi connectivity index (χ2v) is 6.39. The molecule has 1 aromatic carbocycles. The minimum atomic E-state index is -1.41. The summed E-state index contributed by atoms with van der Waals surface area (Å²) in [5, 5.41) is 11.5. The molecule has 1 aliphatic rings. The van der Waals surface area contributed by atoms with Crippen LogP contribution in [-0.4, -0.2) is 41.1 Å². The molecule has 1 aromatic rings. The van der Waals surface area contributed by atoms with Crippen molar-refractivity contribution < 1.29 is 24.2 Å². The van der Waals surface area contributed by atoms with Gasteiger partial charge in [0.05, 0.1) is 5.69 Å². The first kappa shape index (κ1) is 17.8. The van der Waals surface area contributed by atoms with Gasteiger partial charge in [0.1, 0.15) is 17.8 Å². The number of carboxylic acid groups (broad SMARTS) is 1. The largest absolute Gasteiger partial charge is 0.480 e. The summed E-state index contributed by atoms with van der Waals surface area (Å²) in [6.07, 6.45) is -0.175. The van der Waals surface area contributed by atoms with Crippen molar-refractivity contribution in [1.29, 1.82) is 0 Å². The number of anilines is 1. The summed E-state index contributed by atoms with van der Waals surface area (Å²) in [4.78, 5) is 37.3. The zero-order chi connectivity index (χ0) is 18.1. The number of amides is 2. The standard InChI is InChI=1S/C17H22N2O5/c1-5-12-15(21)19(9-14(20)18-17(3,4)16(22)23)11-8-10(2)6-7-13(11)24-12/h6-8,12H,5,9H2,1-4H3,(H,18,20)(H,22,23). The molecule has 130 valence electrons. The summed E-state index contributed by atoms with van der Waals surface area (Å²) in [5.74, 6) is -1.46. The summed E-state index contributed by atoms with van der Waals surface area (Å²) in [5.41, 5.74) is 0.0378. The van der Waals surface area contributed by atoms with Gasteiger partial charge in [-0.15, -0.1) is 0 Å². The predicted octanol–water partition coefficient (Wildman–Crippen LogP) is 1.48. The first-order valence-corrected chi connectivity index (χ1v) is 7.78. The Hall–Kier alpha value is -2.57. The molecule has 2 N–H and O–H groups in total. The van der Waals surface area contributed by atoms with E-state index in [0.29, 0.717) is 17.9 Å². The van der Waals surface area contributed by atoms with Gasteiger partial charge in [-0.3, -0.25) is 14.5 Å². The highest BCUT2D eigenvalue weighted by atomic mass is 16.5. The second-order valence-electron chi connectivity index (χ2n) is 6.39. The summed E-state index contributed by atoms with van der Waals surface area (Å²) >= 11 is 0. The van der Waals surface area contributed by atoms with E-state index in [1.807, 2.05) is 19.9 Å². The summed E-state index contributed by atoms with van der Waals surface area (Å²) in [6.45, 7) is 6.23. The molecule has 1 aliphatic heterocycles. The highest BCUT2D eigenvalue weighted by molar-refractivity contribution is 6.04. The van der Waals surface area contributed by atoms with Crippen LogP contribution in [0.4, 0.5) is 5.69 Å². The lowest BCUT2D eigenvalue weighted by molar-refractivity contribution is -0.145. The van der Waals surface area contributed by atoms with Crippen LogP contribution in [0.5, 0.6) is 5.75 Å². The topological polar surface area (TPSA) is 95.9 Å². The van der Waals surface area contributed by atoms with Crippen molar-refractivity contribution in [1.82, 2.24) is 5.32 Å². The molecule has 0 fully saturated rings. The number of ether oxygens (including phenoxy) is 1. The monoisotopic (exact) mass is 334 g/mol. The molecular formula is C17H22N2O5. The van der Waals surface area contributed by atoms with E-state index >= 15 is 0 Å². The number of fused-ring (bicyclic) bond motifs is 1. The molecule has 24 heavy (non-hydrogen) atoms. The second kappa shape index (κ2) is 6.51. The molecule has 0 saturated carbocycles. The molecule has 0 radical (unpaired) electrons.